The van der Waals surface area contributed by atoms with Crippen molar-refractivity contribution < 1.29 is 14.0 Å². The molecule has 1 aliphatic rings. The highest BCUT2D eigenvalue weighted by Crippen LogP contribution is 2.46. The second-order valence-corrected chi connectivity index (χ2v) is 12.6. The number of benzene rings is 1. The van der Waals surface area contributed by atoms with Crippen LogP contribution in [-0.4, -0.2) is 33.5 Å². The van der Waals surface area contributed by atoms with Crippen LogP contribution in [-0.2, 0) is 14.0 Å². The molecule has 0 aliphatic carbocycles. The molecule has 0 bridgehead atoms. The molecule has 0 fully saturated rings. The Balaban J connectivity index is 2.52. The molecule has 5 nitrogen and oxygen atoms in total. The predicted octanol–water partition coefficient (Wildman–Crippen LogP) is 4.52. The summed E-state index contributed by atoms with van der Waals surface area (Å²) >= 11 is 0. The van der Waals surface area contributed by atoms with Crippen LogP contribution in [0.2, 0.25) is 18.1 Å². The van der Waals surface area contributed by atoms with E-state index in [1.165, 1.54) is 7.11 Å². The van der Waals surface area contributed by atoms with E-state index in [4.69, 9.17) is 9.16 Å². The number of ether oxygens (including phenoxy) is 1. The third-order valence-corrected chi connectivity index (χ3v) is 9.57. The average Bonchev–Trinajstić information content (AvgIpc) is 3.02. The van der Waals surface area contributed by atoms with Crippen LogP contribution in [0.15, 0.2) is 40.6 Å². The van der Waals surface area contributed by atoms with Crippen LogP contribution in [0, 0.1) is 0 Å². The van der Waals surface area contributed by atoms with E-state index >= 15 is 0 Å². The first-order chi connectivity index (χ1) is 11.1. The zero-order chi connectivity index (χ0) is 18.0. The molecule has 0 unspecified atom stereocenters. The van der Waals surface area contributed by atoms with Gasteiger partial charge in [-0.3, -0.25) is 0 Å². The first-order valence-corrected chi connectivity index (χ1v) is 11.2. The molecule has 132 valence electrons. The van der Waals surface area contributed by atoms with Gasteiger partial charge in [-0.25, -0.2) is 4.79 Å². The highest BCUT2D eigenvalue weighted by atomic mass is 28.4. The van der Waals surface area contributed by atoms with Crippen molar-refractivity contribution in [2.45, 2.75) is 57.0 Å². The van der Waals surface area contributed by atoms with Crippen LogP contribution in [0.4, 0.5) is 0 Å². The molecular weight excluding hydrogens is 320 g/mol. The summed E-state index contributed by atoms with van der Waals surface area (Å²) in [5.74, 6) is -0.378. The second kappa shape index (κ2) is 6.76. The molecule has 0 N–H and O–H groups in total. The van der Waals surface area contributed by atoms with Gasteiger partial charge in [0.1, 0.15) is 6.10 Å². The van der Waals surface area contributed by atoms with Gasteiger partial charge in [0, 0.05) is 6.42 Å². The maximum Gasteiger partial charge on any atom is 0.338 e. The van der Waals surface area contributed by atoms with E-state index < -0.39 is 20.0 Å². The summed E-state index contributed by atoms with van der Waals surface area (Å²) in [7, 11) is -0.738. The lowest BCUT2D eigenvalue weighted by atomic mass is 9.86. The quantitative estimate of drug-likeness (QED) is 0.581. The summed E-state index contributed by atoms with van der Waals surface area (Å²) in [6.45, 7) is 11.4. The van der Waals surface area contributed by atoms with E-state index in [-0.39, 0.29) is 11.0 Å². The van der Waals surface area contributed by atoms with Crippen molar-refractivity contribution in [3.63, 3.8) is 0 Å². The maximum atomic E-state index is 12.6. The molecule has 0 radical (unpaired) electrons. The van der Waals surface area contributed by atoms with Crippen LogP contribution < -0.4 is 0 Å². The molecule has 0 saturated carbocycles. The number of carbonyl (C=O) groups is 1. The molecular formula is C18H28N2O3Si. The van der Waals surface area contributed by atoms with Crippen molar-refractivity contribution in [1.29, 1.82) is 0 Å². The van der Waals surface area contributed by atoms with Crippen molar-refractivity contribution in [1.82, 2.24) is 0 Å². The number of hydrogen-bond acceptors (Lipinski definition) is 5. The Hall–Kier alpha value is -1.53. The normalized spacial score (nSPS) is 22.4. The zero-order valence-electron chi connectivity index (χ0n) is 15.5. The first-order valence-electron chi connectivity index (χ1n) is 8.34. The fourth-order valence-corrected chi connectivity index (χ4v) is 3.87. The first kappa shape index (κ1) is 18.8. The monoisotopic (exact) mass is 348 g/mol. The van der Waals surface area contributed by atoms with E-state index in [0.29, 0.717) is 13.0 Å². The van der Waals surface area contributed by atoms with Crippen molar-refractivity contribution in [3.8, 4) is 0 Å². The number of hydrogen-bond donors (Lipinski definition) is 0. The van der Waals surface area contributed by atoms with Crippen molar-refractivity contribution >= 4 is 14.3 Å². The van der Waals surface area contributed by atoms with E-state index in [2.05, 4.69) is 44.1 Å². The van der Waals surface area contributed by atoms with Crippen LogP contribution in [0.3, 0.4) is 0 Å². The van der Waals surface area contributed by atoms with Crippen LogP contribution >= 0.6 is 0 Å². The highest BCUT2D eigenvalue weighted by molar-refractivity contribution is 6.74. The molecule has 24 heavy (non-hydrogen) atoms. The Morgan fingerprint density at radius 2 is 1.88 bits per heavy atom. The summed E-state index contributed by atoms with van der Waals surface area (Å²) in [5.41, 5.74) is -0.153. The summed E-state index contributed by atoms with van der Waals surface area (Å²) in [6, 6.07) is 9.82. The van der Waals surface area contributed by atoms with Crippen molar-refractivity contribution in [3.05, 3.63) is 35.9 Å². The summed E-state index contributed by atoms with van der Waals surface area (Å²) < 4.78 is 11.8. The number of methoxy groups -OCH3 is 1. The summed E-state index contributed by atoms with van der Waals surface area (Å²) in [5, 5.41) is 8.45. The lowest BCUT2D eigenvalue weighted by molar-refractivity contribution is -0.151. The van der Waals surface area contributed by atoms with Crippen molar-refractivity contribution in [2.24, 2.45) is 10.2 Å². The molecule has 2 atom stereocenters. The molecule has 1 aromatic carbocycles. The fraction of sp³-hybridized carbons (Fsp3) is 0.611. The second-order valence-electron chi connectivity index (χ2n) is 7.80. The number of azo groups is 1. The minimum absolute atomic E-state index is 0.0209. The molecule has 1 heterocycles. The average molecular weight is 349 g/mol. The van der Waals surface area contributed by atoms with E-state index in [1.54, 1.807) is 0 Å². The Labute approximate surface area is 145 Å². The van der Waals surface area contributed by atoms with E-state index in [0.717, 1.165) is 5.56 Å². The Morgan fingerprint density at radius 1 is 1.25 bits per heavy atom. The molecule has 0 spiro atoms. The standard InChI is InChI=1S/C18H28N2O3Si/c1-17(2,3)24(5,6)23-15(14-10-8-7-9-11-14)18(16(21)22-4)12-13-19-20-18/h7-11,15H,12-13H2,1-6H3/t15-,18+/m1/s1. The third-order valence-electron chi connectivity index (χ3n) is 5.14. The fourth-order valence-electron chi connectivity index (χ4n) is 2.60. The smallest absolute Gasteiger partial charge is 0.338 e. The minimum atomic E-state index is -2.13. The Kier molecular flexibility index (Phi) is 5.30. The summed E-state index contributed by atoms with van der Waals surface area (Å²) in [4.78, 5) is 12.6. The van der Waals surface area contributed by atoms with Crippen LogP contribution in [0.25, 0.3) is 0 Å². The largest absolute Gasteiger partial charge is 0.467 e. The molecule has 0 aromatic heterocycles. The lowest BCUT2D eigenvalue weighted by Gasteiger charge is -2.42. The van der Waals surface area contributed by atoms with E-state index in [9.17, 15) is 4.79 Å². The van der Waals surface area contributed by atoms with Gasteiger partial charge >= 0.3 is 5.97 Å². The van der Waals surface area contributed by atoms with Gasteiger partial charge in [-0.15, -0.1) is 0 Å². The van der Waals surface area contributed by atoms with E-state index in [1.807, 2.05) is 30.3 Å². The molecule has 1 aromatic rings. The zero-order valence-corrected chi connectivity index (χ0v) is 16.5. The molecule has 0 amide bonds. The summed E-state index contributed by atoms with van der Waals surface area (Å²) in [6.07, 6.45) is 0.0201. The number of esters is 1. The number of carbonyl (C=O) groups excluding carboxylic acids is 1. The number of rotatable bonds is 5. The highest BCUT2D eigenvalue weighted by Gasteiger charge is 2.54. The third kappa shape index (κ3) is 3.44. The predicted molar refractivity (Wildman–Crippen MR) is 96.6 cm³/mol. The van der Waals surface area contributed by atoms with Gasteiger partial charge in [0.05, 0.1) is 13.7 Å². The van der Waals surface area contributed by atoms with Gasteiger partial charge in [0.25, 0.3) is 0 Å². The topological polar surface area (TPSA) is 60.2 Å². The molecule has 1 aliphatic heterocycles. The Morgan fingerprint density at radius 3 is 2.33 bits per heavy atom. The molecule has 6 heteroatoms. The van der Waals surface area contributed by atoms with Crippen LogP contribution in [0.1, 0.15) is 38.9 Å². The van der Waals surface area contributed by atoms with Crippen LogP contribution in [0.5, 0.6) is 0 Å². The SMILES string of the molecule is COC(=O)[C@@]1([C@H](O[Si](C)(C)C(C)(C)C)c2ccccc2)CCN=N1. The maximum absolute atomic E-state index is 12.6. The van der Waals surface area contributed by atoms with Gasteiger partial charge in [-0.1, -0.05) is 51.1 Å². The van der Waals surface area contributed by atoms with Gasteiger partial charge in [-0.05, 0) is 23.7 Å². The molecule has 0 saturated heterocycles. The van der Waals surface area contributed by atoms with Gasteiger partial charge < -0.3 is 9.16 Å². The number of nitrogens with zero attached hydrogens (tertiary/aromatic N) is 2. The minimum Gasteiger partial charge on any atom is -0.467 e. The van der Waals surface area contributed by atoms with Gasteiger partial charge in [0.15, 0.2) is 8.32 Å². The lowest BCUT2D eigenvalue weighted by Crippen LogP contribution is -2.50. The molecule has 2 rings (SSSR count). The van der Waals surface area contributed by atoms with Crippen molar-refractivity contribution in [2.75, 3.05) is 13.7 Å². The van der Waals surface area contributed by atoms with Gasteiger partial charge in [0.2, 0.25) is 5.54 Å². The Bertz CT molecular complexity index is 610. The van der Waals surface area contributed by atoms with Gasteiger partial charge in [-0.2, -0.15) is 10.2 Å².